The van der Waals surface area contributed by atoms with Gasteiger partial charge in [0, 0.05) is 18.0 Å². The molecule has 94 valence electrons. The number of hydrogen-bond donors (Lipinski definition) is 2. The summed E-state index contributed by atoms with van der Waals surface area (Å²) in [4.78, 5) is 8.44. The number of rotatable bonds is 3. The smallest absolute Gasteiger partial charge is 0.128 e. The van der Waals surface area contributed by atoms with Gasteiger partial charge in [0.2, 0.25) is 0 Å². The number of pyridine rings is 2. The summed E-state index contributed by atoms with van der Waals surface area (Å²) in [5.74, 6) is 0.460. The summed E-state index contributed by atoms with van der Waals surface area (Å²) in [7, 11) is 1.86. The lowest BCUT2D eigenvalue weighted by molar-refractivity contribution is 0.670. The lowest BCUT2D eigenvalue weighted by Gasteiger charge is -2.18. The first-order valence-electron chi connectivity index (χ1n) is 5.62. The normalized spacial score (nSPS) is 12.4. The summed E-state index contributed by atoms with van der Waals surface area (Å²) in [6.45, 7) is 2.03. The van der Waals surface area contributed by atoms with Crippen molar-refractivity contribution in [2.75, 3.05) is 12.8 Å². The van der Waals surface area contributed by atoms with Gasteiger partial charge in [-0.25, -0.2) is 4.98 Å². The van der Waals surface area contributed by atoms with E-state index in [0.717, 1.165) is 16.8 Å². The van der Waals surface area contributed by atoms with Crippen LogP contribution in [-0.2, 0) is 0 Å². The summed E-state index contributed by atoms with van der Waals surface area (Å²) >= 11 is 5.97. The first-order chi connectivity index (χ1) is 8.61. The van der Waals surface area contributed by atoms with Crippen molar-refractivity contribution in [2.45, 2.75) is 13.0 Å². The predicted octanol–water partition coefficient (Wildman–Crippen LogP) is 2.33. The van der Waals surface area contributed by atoms with E-state index < -0.39 is 0 Å². The van der Waals surface area contributed by atoms with Gasteiger partial charge in [-0.2, -0.15) is 0 Å². The quantitative estimate of drug-likeness (QED) is 0.891. The fourth-order valence-corrected chi connectivity index (χ4v) is 2.04. The minimum absolute atomic E-state index is 0.115. The zero-order valence-corrected chi connectivity index (χ0v) is 11.1. The standard InChI is InChI=1S/C13H15ClN4/c1-8-3-4-17-11(5-8)12(16-2)10-6-9(14)7-18-13(10)15/h3-7,12,16H,1-2H3,(H2,15,18). The molecule has 0 aromatic carbocycles. The van der Waals surface area contributed by atoms with E-state index in [-0.39, 0.29) is 6.04 Å². The zero-order valence-electron chi connectivity index (χ0n) is 10.3. The summed E-state index contributed by atoms with van der Waals surface area (Å²) < 4.78 is 0. The number of nitrogens with one attached hydrogen (secondary N) is 1. The van der Waals surface area contributed by atoms with E-state index in [1.807, 2.05) is 32.2 Å². The number of halogens is 1. The Morgan fingerprint density at radius 2 is 2.11 bits per heavy atom. The van der Waals surface area contributed by atoms with E-state index >= 15 is 0 Å². The zero-order chi connectivity index (χ0) is 13.1. The maximum atomic E-state index is 5.97. The maximum absolute atomic E-state index is 5.97. The van der Waals surface area contributed by atoms with Gasteiger partial charge in [0.1, 0.15) is 5.82 Å². The van der Waals surface area contributed by atoms with Crippen LogP contribution in [0.5, 0.6) is 0 Å². The van der Waals surface area contributed by atoms with Gasteiger partial charge in [0.25, 0.3) is 0 Å². The van der Waals surface area contributed by atoms with Crippen molar-refractivity contribution >= 4 is 17.4 Å². The number of anilines is 1. The minimum Gasteiger partial charge on any atom is -0.383 e. The minimum atomic E-state index is -0.115. The van der Waals surface area contributed by atoms with Gasteiger partial charge in [0.05, 0.1) is 16.8 Å². The van der Waals surface area contributed by atoms with Gasteiger partial charge in [0.15, 0.2) is 0 Å². The summed E-state index contributed by atoms with van der Waals surface area (Å²) in [5, 5.41) is 3.75. The van der Waals surface area contributed by atoms with Crippen molar-refractivity contribution in [3.8, 4) is 0 Å². The fraction of sp³-hybridized carbons (Fsp3) is 0.231. The van der Waals surface area contributed by atoms with Crippen LogP contribution < -0.4 is 11.1 Å². The van der Waals surface area contributed by atoms with E-state index in [4.69, 9.17) is 17.3 Å². The van der Waals surface area contributed by atoms with Crippen molar-refractivity contribution in [2.24, 2.45) is 0 Å². The summed E-state index contributed by atoms with van der Waals surface area (Å²) in [6.07, 6.45) is 3.32. The largest absolute Gasteiger partial charge is 0.383 e. The highest BCUT2D eigenvalue weighted by Crippen LogP contribution is 2.26. The average Bonchev–Trinajstić information content (AvgIpc) is 2.35. The summed E-state index contributed by atoms with van der Waals surface area (Å²) in [6, 6.07) is 5.67. The Bertz CT molecular complexity index is 556. The molecular formula is C13H15ClN4. The van der Waals surface area contributed by atoms with E-state index in [0.29, 0.717) is 10.8 Å². The number of aryl methyl sites for hydroxylation is 1. The highest BCUT2D eigenvalue weighted by atomic mass is 35.5. The van der Waals surface area contributed by atoms with Gasteiger partial charge in [-0.1, -0.05) is 11.6 Å². The second-order valence-electron chi connectivity index (χ2n) is 4.11. The molecule has 0 bridgehead atoms. The average molecular weight is 263 g/mol. The molecule has 0 fully saturated rings. The van der Waals surface area contributed by atoms with Crippen LogP contribution >= 0.6 is 11.6 Å². The molecule has 0 amide bonds. The summed E-state index contributed by atoms with van der Waals surface area (Å²) in [5.41, 5.74) is 8.78. The molecule has 2 heterocycles. The number of nitrogens with two attached hydrogens (primary N) is 1. The van der Waals surface area contributed by atoms with Crippen molar-refractivity contribution in [1.82, 2.24) is 15.3 Å². The van der Waals surface area contributed by atoms with Crippen LogP contribution in [0.25, 0.3) is 0 Å². The second-order valence-corrected chi connectivity index (χ2v) is 4.54. The van der Waals surface area contributed by atoms with E-state index in [2.05, 4.69) is 15.3 Å². The molecule has 5 heteroatoms. The van der Waals surface area contributed by atoms with Crippen LogP contribution in [0.3, 0.4) is 0 Å². The van der Waals surface area contributed by atoms with Crippen LogP contribution in [-0.4, -0.2) is 17.0 Å². The third kappa shape index (κ3) is 2.60. The molecule has 0 aliphatic rings. The monoisotopic (exact) mass is 262 g/mol. The maximum Gasteiger partial charge on any atom is 0.128 e. The molecule has 3 N–H and O–H groups in total. The van der Waals surface area contributed by atoms with Crippen molar-refractivity contribution in [3.63, 3.8) is 0 Å². The predicted molar refractivity (Wildman–Crippen MR) is 73.5 cm³/mol. The third-order valence-electron chi connectivity index (χ3n) is 2.75. The van der Waals surface area contributed by atoms with Crippen LogP contribution in [0.1, 0.15) is 22.9 Å². The molecule has 1 unspecified atom stereocenters. The van der Waals surface area contributed by atoms with Gasteiger partial charge in [-0.05, 0) is 37.7 Å². The van der Waals surface area contributed by atoms with E-state index in [9.17, 15) is 0 Å². The van der Waals surface area contributed by atoms with Gasteiger partial charge in [-0.15, -0.1) is 0 Å². The Hall–Kier alpha value is -1.65. The SMILES string of the molecule is CNC(c1cc(C)ccn1)c1cc(Cl)cnc1N. The molecule has 0 saturated heterocycles. The van der Waals surface area contributed by atoms with Crippen molar-refractivity contribution < 1.29 is 0 Å². The van der Waals surface area contributed by atoms with Gasteiger partial charge >= 0.3 is 0 Å². The van der Waals surface area contributed by atoms with Crippen LogP contribution in [0.2, 0.25) is 5.02 Å². The Balaban J connectivity index is 2.48. The van der Waals surface area contributed by atoms with Crippen LogP contribution in [0.4, 0.5) is 5.82 Å². The molecule has 0 saturated carbocycles. The van der Waals surface area contributed by atoms with Gasteiger partial charge in [-0.3, -0.25) is 4.98 Å². The molecule has 4 nitrogen and oxygen atoms in total. The Kier molecular flexibility index (Phi) is 3.79. The molecular weight excluding hydrogens is 248 g/mol. The second kappa shape index (κ2) is 5.33. The van der Waals surface area contributed by atoms with Crippen LogP contribution in [0.15, 0.2) is 30.6 Å². The molecule has 0 aliphatic heterocycles. The lowest BCUT2D eigenvalue weighted by Crippen LogP contribution is -2.20. The molecule has 0 radical (unpaired) electrons. The Morgan fingerprint density at radius 3 is 2.78 bits per heavy atom. The fourth-order valence-electron chi connectivity index (χ4n) is 1.88. The van der Waals surface area contributed by atoms with Crippen molar-refractivity contribution in [3.05, 3.63) is 52.4 Å². The first kappa shape index (κ1) is 12.8. The molecule has 0 aliphatic carbocycles. The molecule has 2 rings (SSSR count). The molecule has 2 aromatic heterocycles. The Labute approximate surface area is 111 Å². The van der Waals surface area contributed by atoms with Crippen molar-refractivity contribution in [1.29, 1.82) is 0 Å². The van der Waals surface area contributed by atoms with E-state index in [1.165, 1.54) is 6.20 Å². The Morgan fingerprint density at radius 1 is 1.33 bits per heavy atom. The lowest BCUT2D eigenvalue weighted by atomic mass is 10.0. The highest BCUT2D eigenvalue weighted by Gasteiger charge is 2.17. The number of aromatic nitrogens is 2. The number of nitrogen functional groups attached to an aromatic ring is 1. The number of nitrogens with zero attached hydrogens (tertiary/aromatic N) is 2. The molecule has 1 atom stereocenters. The molecule has 2 aromatic rings. The molecule has 0 spiro atoms. The number of hydrogen-bond acceptors (Lipinski definition) is 4. The van der Waals surface area contributed by atoms with Crippen LogP contribution in [0, 0.1) is 6.92 Å². The topological polar surface area (TPSA) is 63.8 Å². The van der Waals surface area contributed by atoms with Gasteiger partial charge < -0.3 is 11.1 Å². The van der Waals surface area contributed by atoms with E-state index in [1.54, 1.807) is 6.20 Å². The molecule has 18 heavy (non-hydrogen) atoms. The highest BCUT2D eigenvalue weighted by molar-refractivity contribution is 6.30. The first-order valence-corrected chi connectivity index (χ1v) is 6.00. The third-order valence-corrected chi connectivity index (χ3v) is 2.95.